The fourth-order valence-electron chi connectivity index (χ4n) is 3.10. The normalized spacial score (nSPS) is 15.0. The Morgan fingerprint density at radius 1 is 0.767 bits per heavy atom. The van der Waals surface area contributed by atoms with Gasteiger partial charge in [-0.1, -0.05) is 42.5 Å². The van der Waals surface area contributed by atoms with Crippen molar-refractivity contribution < 1.29 is 19.1 Å². The average Bonchev–Trinajstić information content (AvgIpc) is 2.99. The topological polar surface area (TPSA) is 66.9 Å². The van der Waals surface area contributed by atoms with E-state index in [1.807, 2.05) is 30.3 Å². The predicted octanol–water partition coefficient (Wildman–Crippen LogP) is 4.73. The van der Waals surface area contributed by atoms with Gasteiger partial charge in [0.05, 0.1) is 5.69 Å². The van der Waals surface area contributed by atoms with Crippen molar-refractivity contribution in [2.75, 3.05) is 11.9 Å². The summed E-state index contributed by atoms with van der Waals surface area (Å²) in [6.45, 7) is 0. The van der Waals surface area contributed by atoms with Crippen molar-refractivity contribution in [2.45, 2.75) is 0 Å². The monoisotopic (exact) mass is 398 g/mol. The Bertz CT molecular complexity index is 1120. The van der Waals surface area contributed by atoms with E-state index in [0.29, 0.717) is 22.7 Å². The highest BCUT2D eigenvalue weighted by molar-refractivity contribution is 6.28. The molecule has 6 nitrogen and oxygen atoms in total. The Morgan fingerprint density at radius 3 is 2.00 bits per heavy atom. The molecule has 0 saturated carbocycles. The first-order valence-corrected chi connectivity index (χ1v) is 9.29. The Hall–Kier alpha value is -4.19. The number of amides is 3. The van der Waals surface area contributed by atoms with Crippen molar-refractivity contribution in [1.29, 1.82) is 0 Å². The molecule has 0 bridgehead atoms. The Balaban J connectivity index is 1.57. The largest absolute Gasteiger partial charge is 0.457 e. The number of nitrogens with zero attached hydrogens (tertiary/aromatic N) is 2. The second kappa shape index (κ2) is 8.05. The molecule has 1 fully saturated rings. The number of ether oxygens (including phenoxy) is 1. The summed E-state index contributed by atoms with van der Waals surface area (Å²) < 4.78 is 5.75. The molecule has 148 valence electrons. The highest BCUT2D eigenvalue weighted by Gasteiger charge is 2.39. The quantitative estimate of drug-likeness (QED) is 0.354. The molecule has 0 radical (unpaired) electrons. The lowest BCUT2D eigenvalue weighted by molar-refractivity contribution is -0.114. The van der Waals surface area contributed by atoms with E-state index in [2.05, 4.69) is 0 Å². The molecular weight excluding hydrogens is 380 g/mol. The first-order valence-electron chi connectivity index (χ1n) is 9.29. The predicted molar refractivity (Wildman–Crippen MR) is 113 cm³/mol. The second-order valence-electron chi connectivity index (χ2n) is 6.71. The minimum absolute atomic E-state index is 0.253. The molecule has 0 atom stereocenters. The molecule has 1 saturated heterocycles. The standard InChI is InChI=1S/C24H18N2O4/c1-25-22(15-17-7-9-18(16-27)10-8-17)23(28)26(24(25)29)19-11-13-21(14-12-19)30-20-5-3-2-4-6-20/h2-16H,1H3/b22-15+. The lowest BCUT2D eigenvalue weighted by Crippen LogP contribution is -2.31. The smallest absolute Gasteiger partial charge is 0.336 e. The summed E-state index contributed by atoms with van der Waals surface area (Å²) in [4.78, 5) is 38.9. The van der Waals surface area contributed by atoms with Gasteiger partial charge in [-0.25, -0.2) is 9.69 Å². The van der Waals surface area contributed by atoms with Gasteiger partial charge in [-0.15, -0.1) is 0 Å². The van der Waals surface area contributed by atoms with Gasteiger partial charge < -0.3 is 4.74 Å². The van der Waals surface area contributed by atoms with Gasteiger partial charge in [0.15, 0.2) is 0 Å². The number of benzene rings is 3. The van der Waals surface area contributed by atoms with Gasteiger partial charge in [-0.05, 0) is 48.0 Å². The number of rotatable bonds is 5. The molecular formula is C24H18N2O4. The van der Waals surface area contributed by atoms with Gasteiger partial charge >= 0.3 is 6.03 Å². The van der Waals surface area contributed by atoms with Crippen LogP contribution in [0.1, 0.15) is 15.9 Å². The third-order valence-corrected chi connectivity index (χ3v) is 4.71. The molecule has 4 rings (SSSR count). The SMILES string of the molecule is CN1C(=O)N(c2ccc(Oc3ccccc3)cc2)C(=O)/C1=C\c1ccc(C=O)cc1. The van der Waals surface area contributed by atoms with E-state index in [9.17, 15) is 14.4 Å². The molecule has 1 heterocycles. The minimum Gasteiger partial charge on any atom is -0.457 e. The molecule has 0 aromatic heterocycles. The highest BCUT2D eigenvalue weighted by Crippen LogP contribution is 2.30. The Kier molecular flexibility index (Phi) is 5.13. The van der Waals surface area contributed by atoms with E-state index in [0.717, 1.165) is 16.7 Å². The summed E-state index contributed by atoms with van der Waals surface area (Å²) in [7, 11) is 1.55. The maximum absolute atomic E-state index is 12.9. The van der Waals surface area contributed by atoms with Crippen LogP contribution in [-0.4, -0.2) is 30.2 Å². The fraction of sp³-hybridized carbons (Fsp3) is 0.0417. The van der Waals surface area contributed by atoms with Crippen LogP contribution in [0.25, 0.3) is 6.08 Å². The molecule has 0 unspecified atom stereocenters. The molecule has 1 aliphatic rings. The second-order valence-corrected chi connectivity index (χ2v) is 6.71. The van der Waals surface area contributed by atoms with Crippen LogP contribution in [0, 0.1) is 0 Å². The summed E-state index contributed by atoms with van der Waals surface area (Å²) in [6.07, 6.45) is 2.38. The molecule has 1 aliphatic heterocycles. The average molecular weight is 398 g/mol. The third-order valence-electron chi connectivity index (χ3n) is 4.71. The first-order chi connectivity index (χ1) is 14.6. The maximum Gasteiger partial charge on any atom is 0.336 e. The number of urea groups is 1. The molecule has 0 aliphatic carbocycles. The van der Waals surface area contributed by atoms with Gasteiger partial charge in [-0.2, -0.15) is 0 Å². The van der Waals surface area contributed by atoms with Crippen molar-refractivity contribution in [3.8, 4) is 11.5 Å². The van der Waals surface area contributed by atoms with Crippen molar-refractivity contribution >= 4 is 30.0 Å². The highest BCUT2D eigenvalue weighted by atomic mass is 16.5. The Labute approximate surface area is 173 Å². The fourth-order valence-corrected chi connectivity index (χ4v) is 3.10. The van der Waals surface area contributed by atoms with E-state index in [4.69, 9.17) is 4.74 Å². The molecule has 3 aromatic rings. The lowest BCUT2D eigenvalue weighted by Gasteiger charge is -2.14. The van der Waals surface area contributed by atoms with Crippen molar-refractivity contribution in [3.05, 3.63) is 95.7 Å². The molecule has 30 heavy (non-hydrogen) atoms. The number of likely N-dealkylation sites (N-methyl/N-ethyl adjacent to an activating group) is 1. The van der Waals surface area contributed by atoms with Crippen LogP contribution in [0.3, 0.4) is 0 Å². The van der Waals surface area contributed by atoms with Crippen LogP contribution in [0.2, 0.25) is 0 Å². The molecule has 6 heteroatoms. The van der Waals surface area contributed by atoms with Crippen LogP contribution in [-0.2, 0) is 4.79 Å². The van der Waals surface area contributed by atoms with Gasteiger partial charge in [-0.3, -0.25) is 14.5 Å². The van der Waals surface area contributed by atoms with E-state index < -0.39 is 11.9 Å². The Morgan fingerprint density at radius 2 is 1.37 bits per heavy atom. The van der Waals surface area contributed by atoms with E-state index >= 15 is 0 Å². The van der Waals surface area contributed by atoms with Crippen LogP contribution in [0.15, 0.2) is 84.6 Å². The lowest BCUT2D eigenvalue weighted by atomic mass is 10.1. The van der Waals surface area contributed by atoms with Crippen LogP contribution < -0.4 is 9.64 Å². The van der Waals surface area contributed by atoms with Gasteiger partial charge in [0.1, 0.15) is 23.5 Å². The summed E-state index contributed by atoms with van der Waals surface area (Å²) in [5.41, 5.74) is 1.97. The molecule has 0 spiro atoms. The number of anilines is 1. The van der Waals surface area contributed by atoms with Gasteiger partial charge in [0.2, 0.25) is 0 Å². The third kappa shape index (κ3) is 3.71. The number of carbonyl (C=O) groups excluding carboxylic acids is 3. The number of imide groups is 1. The van der Waals surface area contributed by atoms with Crippen molar-refractivity contribution in [3.63, 3.8) is 0 Å². The zero-order valence-corrected chi connectivity index (χ0v) is 16.2. The number of para-hydroxylation sites is 1. The minimum atomic E-state index is -0.438. The van der Waals surface area contributed by atoms with Crippen molar-refractivity contribution in [1.82, 2.24) is 4.90 Å². The van der Waals surface area contributed by atoms with E-state index in [-0.39, 0.29) is 5.70 Å². The van der Waals surface area contributed by atoms with Crippen LogP contribution >= 0.6 is 0 Å². The zero-order chi connectivity index (χ0) is 21.1. The van der Waals surface area contributed by atoms with Crippen LogP contribution in [0.5, 0.6) is 11.5 Å². The molecule has 3 aromatic carbocycles. The van der Waals surface area contributed by atoms with Gasteiger partial charge in [0, 0.05) is 12.6 Å². The van der Waals surface area contributed by atoms with Gasteiger partial charge in [0.25, 0.3) is 5.91 Å². The summed E-state index contributed by atoms with van der Waals surface area (Å²) in [6, 6.07) is 22.4. The first kappa shape index (κ1) is 19.1. The number of carbonyl (C=O) groups is 3. The summed E-state index contributed by atoms with van der Waals surface area (Å²) >= 11 is 0. The zero-order valence-electron chi connectivity index (χ0n) is 16.2. The number of aldehydes is 1. The number of hydrogen-bond donors (Lipinski definition) is 0. The summed E-state index contributed by atoms with van der Waals surface area (Å²) in [5.74, 6) is 0.881. The van der Waals surface area contributed by atoms with E-state index in [1.54, 1.807) is 61.7 Å². The summed E-state index contributed by atoms with van der Waals surface area (Å²) in [5, 5.41) is 0. The maximum atomic E-state index is 12.9. The van der Waals surface area contributed by atoms with Crippen molar-refractivity contribution in [2.24, 2.45) is 0 Å². The van der Waals surface area contributed by atoms with Crippen LogP contribution in [0.4, 0.5) is 10.5 Å². The molecule has 3 amide bonds. The number of hydrogen-bond acceptors (Lipinski definition) is 4. The van der Waals surface area contributed by atoms with E-state index in [1.165, 1.54) is 4.90 Å². The molecule has 0 N–H and O–H groups in total.